The first-order valence-corrected chi connectivity index (χ1v) is 11.0. The van der Waals surface area contributed by atoms with E-state index in [1.54, 1.807) is 38.1 Å². The summed E-state index contributed by atoms with van der Waals surface area (Å²) in [4.78, 5) is 27.5. The van der Waals surface area contributed by atoms with E-state index in [2.05, 4.69) is 15.4 Å². The molecule has 0 aliphatic carbocycles. The molecule has 4 aromatic rings. The Morgan fingerprint density at radius 2 is 1.76 bits per heavy atom. The Morgan fingerprint density at radius 1 is 1.05 bits per heavy atom. The molecule has 0 bridgehead atoms. The fraction of sp³-hybridized carbons (Fsp3) is 0.160. The molecule has 9 nitrogen and oxygen atoms in total. The largest absolute Gasteiger partial charge is 0.460 e. The highest BCUT2D eigenvalue weighted by atomic mass is 19.4. The van der Waals surface area contributed by atoms with Crippen LogP contribution in [0.4, 0.5) is 24.5 Å². The molecule has 0 spiro atoms. The maximum Gasteiger partial charge on any atom is 0.416 e. The quantitative estimate of drug-likeness (QED) is 0.244. The highest BCUT2D eigenvalue weighted by Crippen LogP contribution is 2.32. The van der Waals surface area contributed by atoms with Gasteiger partial charge in [0.2, 0.25) is 0 Å². The van der Waals surface area contributed by atoms with Crippen molar-refractivity contribution in [1.82, 2.24) is 14.8 Å². The predicted octanol–water partition coefficient (Wildman–Crippen LogP) is 5.90. The van der Waals surface area contributed by atoms with Crippen LogP contribution in [0.1, 0.15) is 29.8 Å². The molecule has 0 saturated carbocycles. The normalized spacial score (nSPS) is 11.4. The molecule has 3 aromatic carbocycles. The van der Waals surface area contributed by atoms with E-state index in [0.29, 0.717) is 16.9 Å². The molecule has 37 heavy (non-hydrogen) atoms. The third-order valence-electron chi connectivity index (χ3n) is 5.07. The molecule has 0 fully saturated rings. The van der Waals surface area contributed by atoms with E-state index < -0.39 is 22.6 Å². The molecule has 1 N–H and O–H groups in total. The lowest BCUT2D eigenvalue weighted by molar-refractivity contribution is -0.384. The predicted molar refractivity (Wildman–Crippen MR) is 129 cm³/mol. The number of alkyl halides is 3. The fourth-order valence-corrected chi connectivity index (χ4v) is 3.41. The van der Waals surface area contributed by atoms with E-state index in [9.17, 15) is 28.1 Å². The van der Waals surface area contributed by atoms with Gasteiger partial charge in [-0.3, -0.25) is 14.9 Å². The van der Waals surface area contributed by atoms with Crippen molar-refractivity contribution in [3.8, 4) is 23.1 Å². The zero-order valence-corrected chi connectivity index (χ0v) is 19.6. The van der Waals surface area contributed by atoms with E-state index in [1.807, 2.05) is 0 Å². The Hall–Kier alpha value is -4.74. The van der Waals surface area contributed by atoms with Gasteiger partial charge < -0.3 is 10.1 Å². The van der Waals surface area contributed by atoms with E-state index in [1.165, 1.54) is 35.0 Å². The van der Waals surface area contributed by atoms with Gasteiger partial charge in [0.15, 0.2) is 5.82 Å². The van der Waals surface area contributed by atoms with Crippen molar-refractivity contribution >= 4 is 17.3 Å². The van der Waals surface area contributed by atoms with E-state index in [0.717, 1.165) is 18.2 Å². The maximum absolute atomic E-state index is 13.0. The highest BCUT2D eigenvalue weighted by molar-refractivity contribution is 6.04. The first-order chi connectivity index (χ1) is 17.5. The third-order valence-corrected chi connectivity index (χ3v) is 5.07. The molecule has 0 atom stereocenters. The number of carbonyl (C=O) groups is 1. The SMILES string of the molecule is CC(C)Oc1nc(-c2ccc(C(F)(F)F)cc2)n(-c2cccc(NC(=O)c3cccc([N+](=O)[O-])c3)c2)n1. The Kier molecular flexibility index (Phi) is 6.92. The molecule has 0 aliphatic rings. The number of nitrogens with zero attached hydrogens (tertiary/aromatic N) is 4. The van der Waals surface area contributed by atoms with Gasteiger partial charge in [-0.15, -0.1) is 5.10 Å². The fourth-order valence-electron chi connectivity index (χ4n) is 3.41. The molecule has 4 rings (SSSR count). The number of halogens is 3. The van der Waals surface area contributed by atoms with Gasteiger partial charge in [0, 0.05) is 28.9 Å². The van der Waals surface area contributed by atoms with Crippen molar-refractivity contribution in [2.45, 2.75) is 26.1 Å². The first-order valence-electron chi connectivity index (χ1n) is 11.0. The standard InChI is InChI=1S/C25H20F3N5O4/c1-15(2)37-24-30-22(16-9-11-18(12-10-16)25(26,27)28)32(31-24)20-7-4-6-19(14-20)29-23(34)17-5-3-8-21(13-17)33(35)36/h3-15H,1-2H3,(H,29,34). The summed E-state index contributed by atoms with van der Waals surface area (Å²) in [5.41, 5.74) is 0.241. The Morgan fingerprint density at radius 3 is 2.41 bits per heavy atom. The van der Waals surface area contributed by atoms with Crippen LogP contribution >= 0.6 is 0 Å². The number of hydrogen-bond donors (Lipinski definition) is 1. The molecule has 0 radical (unpaired) electrons. The molecule has 1 aromatic heterocycles. The Balaban J connectivity index is 1.68. The van der Waals surface area contributed by atoms with Crippen LogP contribution in [0.5, 0.6) is 6.01 Å². The number of ether oxygens (including phenoxy) is 1. The molecule has 0 unspecified atom stereocenters. The lowest BCUT2D eigenvalue weighted by Gasteiger charge is -2.10. The van der Waals surface area contributed by atoms with Crippen molar-refractivity contribution in [3.05, 3.63) is 94.0 Å². The van der Waals surface area contributed by atoms with Crippen molar-refractivity contribution in [2.75, 3.05) is 5.32 Å². The molecular weight excluding hydrogens is 491 g/mol. The van der Waals surface area contributed by atoms with Gasteiger partial charge in [-0.1, -0.05) is 24.3 Å². The zero-order chi connectivity index (χ0) is 26.7. The zero-order valence-electron chi connectivity index (χ0n) is 19.6. The minimum absolute atomic E-state index is 0.0240. The Labute approximate surface area is 208 Å². The van der Waals surface area contributed by atoms with Crippen LogP contribution in [0.2, 0.25) is 0 Å². The number of non-ortho nitro benzene ring substituents is 1. The summed E-state index contributed by atoms with van der Waals surface area (Å²) < 4.78 is 46.1. The molecule has 1 amide bonds. The minimum Gasteiger partial charge on any atom is -0.460 e. The summed E-state index contributed by atoms with van der Waals surface area (Å²) in [6, 6.07) is 16.3. The van der Waals surface area contributed by atoms with Gasteiger partial charge in [0.1, 0.15) is 0 Å². The van der Waals surface area contributed by atoms with Crippen LogP contribution in [-0.4, -0.2) is 31.7 Å². The molecule has 0 saturated heterocycles. The number of anilines is 1. The van der Waals surface area contributed by atoms with E-state index in [-0.39, 0.29) is 29.2 Å². The lowest BCUT2D eigenvalue weighted by atomic mass is 10.1. The van der Waals surface area contributed by atoms with Crippen molar-refractivity contribution in [2.24, 2.45) is 0 Å². The number of aromatic nitrogens is 3. The van der Waals surface area contributed by atoms with Gasteiger partial charge in [0.05, 0.1) is 22.3 Å². The highest BCUT2D eigenvalue weighted by Gasteiger charge is 2.30. The number of nitro groups is 1. The second kappa shape index (κ2) is 10.1. The summed E-state index contributed by atoms with van der Waals surface area (Å²) in [7, 11) is 0. The average molecular weight is 511 g/mol. The minimum atomic E-state index is -4.48. The van der Waals surface area contributed by atoms with Crippen LogP contribution in [0.3, 0.4) is 0 Å². The van der Waals surface area contributed by atoms with E-state index in [4.69, 9.17) is 4.74 Å². The third kappa shape index (κ3) is 5.92. The number of carbonyl (C=O) groups excluding carboxylic acids is 1. The van der Waals surface area contributed by atoms with Gasteiger partial charge in [-0.05, 0) is 50.2 Å². The number of nitrogens with one attached hydrogen (secondary N) is 1. The molecular formula is C25H20F3N5O4. The van der Waals surface area contributed by atoms with E-state index >= 15 is 0 Å². The van der Waals surface area contributed by atoms with Crippen LogP contribution in [0.25, 0.3) is 17.1 Å². The average Bonchev–Trinajstić information content (AvgIpc) is 3.27. The molecule has 1 heterocycles. The van der Waals surface area contributed by atoms with Crippen LogP contribution in [-0.2, 0) is 6.18 Å². The number of hydrogen-bond acceptors (Lipinski definition) is 6. The van der Waals surface area contributed by atoms with Gasteiger partial charge in [0.25, 0.3) is 11.6 Å². The second-order valence-electron chi connectivity index (χ2n) is 8.18. The van der Waals surface area contributed by atoms with Gasteiger partial charge >= 0.3 is 12.2 Å². The number of amides is 1. The summed E-state index contributed by atoms with van der Waals surface area (Å²) >= 11 is 0. The van der Waals surface area contributed by atoms with Gasteiger partial charge in [-0.2, -0.15) is 18.2 Å². The van der Waals surface area contributed by atoms with Crippen LogP contribution in [0.15, 0.2) is 72.8 Å². The van der Waals surface area contributed by atoms with Gasteiger partial charge in [-0.25, -0.2) is 4.68 Å². The first kappa shape index (κ1) is 25.4. The second-order valence-corrected chi connectivity index (χ2v) is 8.18. The molecule has 12 heteroatoms. The van der Waals surface area contributed by atoms with Crippen molar-refractivity contribution in [3.63, 3.8) is 0 Å². The topological polar surface area (TPSA) is 112 Å². The summed E-state index contributed by atoms with van der Waals surface area (Å²) in [5, 5.41) is 18.0. The summed E-state index contributed by atoms with van der Waals surface area (Å²) in [6.45, 7) is 3.56. The smallest absolute Gasteiger partial charge is 0.416 e. The molecule has 0 aliphatic heterocycles. The number of rotatable bonds is 7. The van der Waals surface area contributed by atoms with Crippen LogP contribution in [0, 0.1) is 10.1 Å². The van der Waals surface area contributed by atoms with Crippen molar-refractivity contribution in [1.29, 1.82) is 0 Å². The summed E-state index contributed by atoms with van der Waals surface area (Å²) in [5.74, 6) is -0.335. The lowest BCUT2D eigenvalue weighted by Crippen LogP contribution is -2.12. The number of benzene rings is 3. The monoisotopic (exact) mass is 511 g/mol. The number of nitro benzene ring substituents is 1. The van der Waals surface area contributed by atoms with Crippen molar-refractivity contribution < 1.29 is 27.6 Å². The summed E-state index contributed by atoms with van der Waals surface area (Å²) in [6.07, 6.45) is -4.74. The Bertz CT molecular complexity index is 1450. The maximum atomic E-state index is 13.0. The van der Waals surface area contributed by atoms with Crippen LogP contribution < -0.4 is 10.1 Å². The molecule has 190 valence electrons.